The van der Waals surface area contributed by atoms with E-state index in [0.29, 0.717) is 0 Å². The van der Waals surface area contributed by atoms with E-state index in [1.54, 1.807) is 0 Å². The summed E-state index contributed by atoms with van der Waals surface area (Å²) in [5.41, 5.74) is 7.66. The summed E-state index contributed by atoms with van der Waals surface area (Å²) in [6, 6.07) is 32.5. The van der Waals surface area contributed by atoms with Crippen molar-refractivity contribution in [2.45, 2.75) is 6.92 Å². The number of rotatable bonds is 2. The lowest BCUT2D eigenvalue weighted by atomic mass is 9.94. The molecule has 0 aliphatic carbocycles. The van der Waals surface area contributed by atoms with Gasteiger partial charge in [0.2, 0.25) is 0 Å². The van der Waals surface area contributed by atoms with Crippen LogP contribution in [-0.4, -0.2) is 4.40 Å². The second-order valence-corrected chi connectivity index (χ2v) is 6.72. The number of hydrogen-bond acceptors (Lipinski definition) is 0. The minimum Gasteiger partial charge on any atom is -0.320 e. The highest BCUT2D eigenvalue weighted by atomic mass is 14.9. The third-order valence-electron chi connectivity index (χ3n) is 5.19. The summed E-state index contributed by atoms with van der Waals surface area (Å²) >= 11 is 0. The van der Waals surface area contributed by atoms with E-state index in [2.05, 4.69) is 109 Å². The van der Waals surface area contributed by atoms with E-state index in [9.17, 15) is 0 Å². The van der Waals surface area contributed by atoms with Crippen molar-refractivity contribution in [3.05, 3.63) is 103 Å². The second kappa shape index (κ2) is 5.89. The van der Waals surface area contributed by atoms with E-state index in [-0.39, 0.29) is 0 Å². The Balaban J connectivity index is 1.88. The molecule has 3 aromatic carbocycles. The Labute approximate surface area is 153 Å². The number of fused-ring (bicyclic) bond motifs is 2. The van der Waals surface area contributed by atoms with Crippen molar-refractivity contribution in [2.24, 2.45) is 0 Å². The maximum Gasteiger partial charge on any atom is 0.0537 e. The van der Waals surface area contributed by atoms with Crippen LogP contribution in [0.3, 0.4) is 0 Å². The van der Waals surface area contributed by atoms with Crippen LogP contribution < -0.4 is 0 Å². The van der Waals surface area contributed by atoms with Gasteiger partial charge in [-0.05, 0) is 47.0 Å². The highest BCUT2D eigenvalue weighted by molar-refractivity contribution is 5.98. The minimum atomic E-state index is 1.25. The van der Waals surface area contributed by atoms with Crippen LogP contribution >= 0.6 is 0 Å². The summed E-state index contributed by atoms with van der Waals surface area (Å²) in [4.78, 5) is 0. The van der Waals surface area contributed by atoms with Crippen molar-refractivity contribution in [2.75, 3.05) is 0 Å². The van der Waals surface area contributed by atoms with E-state index in [1.165, 1.54) is 44.2 Å². The first-order chi connectivity index (χ1) is 12.8. The normalized spacial score (nSPS) is 11.3. The summed E-state index contributed by atoms with van der Waals surface area (Å²) in [5.74, 6) is 0. The monoisotopic (exact) mass is 333 g/mol. The number of pyridine rings is 1. The molecule has 0 spiro atoms. The van der Waals surface area contributed by atoms with E-state index in [1.807, 2.05) is 0 Å². The molecule has 0 amide bonds. The lowest BCUT2D eigenvalue weighted by molar-refractivity contribution is 1.11. The van der Waals surface area contributed by atoms with Crippen LogP contribution in [0.5, 0.6) is 0 Å². The third-order valence-corrected chi connectivity index (χ3v) is 5.19. The number of benzene rings is 3. The summed E-state index contributed by atoms with van der Waals surface area (Å²) in [6.45, 7) is 2.21. The molecular weight excluding hydrogens is 314 g/mol. The lowest BCUT2D eigenvalue weighted by Gasteiger charge is -2.08. The summed E-state index contributed by atoms with van der Waals surface area (Å²) < 4.78 is 2.30. The zero-order valence-electron chi connectivity index (χ0n) is 14.7. The van der Waals surface area contributed by atoms with Gasteiger partial charge in [0, 0.05) is 23.0 Å². The van der Waals surface area contributed by atoms with E-state index < -0.39 is 0 Å². The quantitative estimate of drug-likeness (QED) is 0.337. The molecule has 0 saturated carbocycles. The highest BCUT2D eigenvalue weighted by Crippen LogP contribution is 2.40. The summed E-state index contributed by atoms with van der Waals surface area (Å²) in [7, 11) is 0. The molecule has 0 unspecified atom stereocenters. The van der Waals surface area contributed by atoms with E-state index in [4.69, 9.17) is 0 Å². The van der Waals surface area contributed by atoms with Gasteiger partial charge in [0.15, 0.2) is 0 Å². The number of nitrogens with zero attached hydrogens (tertiary/aromatic N) is 1. The number of hydrogen-bond donors (Lipinski definition) is 0. The minimum absolute atomic E-state index is 1.25. The van der Waals surface area contributed by atoms with Crippen molar-refractivity contribution >= 4 is 16.3 Å². The average Bonchev–Trinajstić information content (AvgIpc) is 3.01. The third kappa shape index (κ3) is 2.25. The van der Waals surface area contributed by atoms with Gasteiger partial charge < -0.3 is 4.40 Å². The molecule has 1 heteroatoms. The average molecular weight is 333 g/mol. The van der Waals surface area contributed by atoms with E-state index >= 15 is 0 Å². The van der Waals surface area contributed by atoms with Gasteiger partial charge in [-0.1, -0.05) is 72.8 Å². The summed E-state index contributed by atoms with van der Waals surface area (Å²) in [6.07, 6.45) is 2.15. The molecule has 1 nitrogen and oxygen atoms in total. The maximum atomic E-state index is 2.31. The first-order valence-corrected chi connectivity index (χ1v) is 8.97. The van der Waals surface area contributed by atoms with Gasteiger partial charge in [-0.15, -0.1) is 0 Å². The fourth-order valence-corrected chi connectivity index (χ4v) is 3.96. The Morgan fingerprint density at radius 1 is 0.577 bits per heavy atom. The van der Waals surface area contributed by atoms with Gasteiger partial charge in [-0.2, -0.15) is 0 Å². The smallest absolute Gasteiger partial charge is 0.0537 e. The molecule has 0 bridgehead atoms. The first kappa shape index (κ1) is 15.0. The van der Waals surface area contributed by atoms with Crippen molar-refractivity contribution in [3.63, 3.8) is 0 Å². The van der Waals surface area contributed by atoms with Crippen LogP contribution in [0, 0.1) is 6.92 Å². The molecule has 0 radical (unpaired) electrons. The van der Waals surface area contributed by atoms with Crippen LogP contribution in [0.15, 0.2) is 97.2 Å². The molecule has 5 rings (SSSR count). The van der Waals surface area contributed by atoms with Crippen LogP contribution in [0.25, 0.3) is 38.5 Å². The second-order valence-electron chi connectivity index (χ2n) is 6.72. The van der Waals surface area contributed by atoms with Gasteiger partial charge >= 0.3 is 0 Å². The van der Waals surface area contributed by atoms with E-state index in [0.717, 1.165) is 0 Å². The molecule has 0 saturated heterocycles. The molecule has 5 aromatic rings. The fraction of sp³-hybridized carbons (Fsp3) is 0.0400. The summed E-state index contributed by atoms with van der Waals surface area (Å²) in [5, 5.41) is 2.55. The lowest BCUT2D eigenvalue weighted by Crippen LogP contribution is -1.86. The molecule has 0 atom stereocenters. The molecule has 2 aromatic heterocycles. The Bertz CT molecular complexity index is 1230. The highest BCUT2D eigenvalue weighted by Gasteiger charge is 2.18. The predicted octanol–water partition coefficient (Wildman–Crippen LogP) is 6.73. The Hall–Kier alpha value is -3.32. The van der Waals surface area contributed by atoms with Gasteiger partial charge in [0.25, 0.3) is 0 Å². The van der Waals surface area contributed by atoms with Crippen molar-refractivity contribution < 1.29 is 0 Å². The molecular formula is C25H19N. The van der Waals surface area contributed by atoms with Crippen LogP contribution in [0.1, 0.15) is 5.69 Å². The predicted molar refractivity (Wildman–Crippen MR) is 111 cm³/mol. The van der Waals surface area contributed by atoms with Gasteiger partial charge in [0.05, 0.1) is 5.52 Å². The van der Waals surface area contributed by atoms with Gasteiger partial charge in [-0.25, -0.2) is 0 Å². The first-order valence-electron chi connectivity index (χ1n) is 8.97. The Morgan fingerprint density at radius 2 is 1.31 bits per heavy atom. The molecule has 0 N–H and O–H groups in total. The van der Waals surface area contributed by atoms with Crippen LogP contribution in [0.2, 0.25) is 0 Å². The largest absolute Gasteiger partial charge is 0.320 e. The maximum absolute atomic E-state index is 2.31. The van der Waals surface area contributed by atoms with Crippen molar-refractivity contribution in [1.29, 1.82) is 0 Å². The molecule has 0 aliphatic rings. The standard InChI is InChI=1S/C25H19N/c1-18-24(22-15-14-19-9-5-6-12-21(19)17-22)25(20-10-3-2-4-11-20)23-13-7-8-16-26(18)23/h2-17H,1H3. The number of aryl methyl sites for hydroxylation is 1. The molecule has 2 heterocycles. The molecule has 124 valence electrons. The Morgan fingerprint density at radius 3 is 2.15 bits per heavy atom. The van der Waals surface area contributed by atoms with Crippen molar-refractivity contribution in [1.82, 2.24) is 4.40 Å². The zero-order chi connectivity index (χ0) is 17.5. The van der Waals surface area contributed by atoms with Crippen molar-refractivity contribution in [3.8, 4) is 22.3 Å². The zero-order valence-corrected chi connectivity index (χ0v) is 14.7. The molecule has 0 fully saturated rings. The molecule has 26 heavy (non-hydrogen) atoms. The van der Waals surface area contributed by atoms with Crippen LogP contribution in [0.4, 0.5) is 0 Å². The van der Waals surface area contributed by atoms with Gasteiger partial charge in [0.1, 0.15) is 0 Å². The SMILES string of the molecule is Cc1c(-c2ccc3ccccc3c2)c(-c2ccccc2)c2ccccn12. The number of aromatic nitrogens is 1. The van der Waals surface area contributed by atoms with Gasteiger partial charge in [-0.3, -0.25) is 0 Å². The topological polar surface area (TPSA) is 4.41 Å². The Kier molecular flexibility index (Phi) is 3.39. The van der Waals surface area contributed by atoms with Crippen LogP contribution in [-0.2, 0) is 0 Å². The fourth-order valence-electron chi connectivity index (χ4n) is 3.96. The molecule has 0 aliphatic heterocycles.